The number of carbonyl (C=O) groups is 1. The molecule has 0 unspecified atom stereocenters. The van der Waals surface area contributed by atoms with Gasteiger partial charge in [0.05, 0.1) is 28.7 Å². The van der Waals surface area contributed by atoms with Crippen molar-refractivity contribution in [1.82, 2.24) is 19.6 Å². The number of rotatable bonds is 3. The smallest absolute Gasteiger partial charge is 0.267 e. The van der Waals surface area contributed by atoms with E-state index in [0.29, 0.717) is 22.1 Å². The fraction of sp³-hybridized carbons (Fsp3) is 0.0588. The minimum atomic E-state index is -0.241. The van der Waals surface area contributed by atoms with Gasteiger partial charge in [-0.05, 0) is 31.2 Å². The summed E-state index contributed by atoms with van der Waals surface area (Å²) in [6.07, 6.45) is 5.21. The minimum absolute atomic E-state index is 0.241. The standard InChI is InChI=1S/C17H12ClN5OS/c1-10-12(2-3-13(20-10)17-21-15(18)9-25-17)16(24)22-23-7-5-11-4-6-19-8-14(11)23/h2-9H,1H3,(H,22,24). The number of halogens is 1. The zero-order valence-electron chi connectivity index (χ0n) is 13.1. The predicted octanol–water partition coefficient (Wildman–Crippen LogP) is 3.90. The maximum atomic E-state index is 12.6. The molecular weight excluding hydrogens is 358 g/mol. The van der Waals surface area contributed by atoms with E-state index in [4.69, 9.17) is 11.6 Å². The average molecular weight is 370 g/mol. The third-order valence-electron chi connectivity index (χ3n) is 3.74. The summed E-state index contributed by atoms with van der Waals surface area (Å²) in [5, 5.41) is 3.91. The Bertz CT molecular complexity index is 1090. The Morgan fingerprint density at radius 1 is 1.24 bits per heavy atom. The van der Waals surface area contributed by atoms with E-state index < -0.39 is 0 Å². The van der Waals surface area contributed by atoms with Gasteiger partial charge in [-0.15, -0.1) is 11.3 Å². The number of thiazole rings is 1. The van der Waals surface area contributed by atoms with Gasteiger partial charge in [-0.25, -0.2) is 9.97 Å². The second-order valence-electron chi connectivity index (χ2n) is 5.37. The van der Waals surface area contributed by atoms with Gasteiger partial charge in [0, 0.05) is 23.2 Å². The maximum Gasteiger partial charge on any atom is 0.271 e. The van der Waals surface area contributed by atoms with E-state index in [1.54, 1.807) is 47.7 Å². The Kier molecular flexibility index (Phi) is 3.95. The van der Waals surface area contributed by atoms with Gasteiger partial charge in [0.2, 0.25) is 0 Å². The summed E-state index contributed by atoms with van der Waals surface area (Å²) in [5.41, 5.74) is 5.49. The van der Waals surface area contributed by atoms with Crippen LogP contribution in [-0.4, -0.2) is 25.5 Å². The highest BCUT2D eigenvalue weighted by atomic mass is 35.5. The van der Waals surface area contributed by atoms with Gasteiger partial charge in [-0.1, -0.05) is 11.6 Å². The largest absolute Gasteiger partial charge is 0.271 e. The molecule has 4 aromatic rings. The van der Waals surface area contributed by atoms with Crippen LogP contribution in [0.15, 0.2) is 48.2 Å². The number of nitrogens with one attached hydrogen (secondary N) is 1. The van der Waals surface area contributed by atoms with Crippen LogP contribution in [-0.2, 0) is 0 Å². The SMILES string of the molecule is Cc1nc(-c2nc(Cl)cs2)ccc1C(=O)Nn1ccc2ccncc21. The van der Waals surface area contributed by atoms with Crippen molar-refractivity contribution in [1.29, 1.82) is 0 Å². The molecule has 4 rings (SSSR count). The first-order chi connectivity index (χ1) is 12.1. The van der Waals surface area contributed by atoms with Crippen LogP contribution in [0.25, 0.3) is 21.6 Å². The number of aromatic nitrogens is 4. The van der Waals surface area contributed by atoms with Crippen LogP contribution in [0.2, 0.25) is 5.15 Å². The molecule has 0 spiro atoms. The molecular formula is C17H12ClN5OS. The van der Waals surface area contributed by atoms with Gasteiger partial charge >= 0.3 is 0 Å². The van der Waals surface area contributed by atoms with E-state index in [0.717, 1.165) is 15.9 Å². The minimum Gasteiger partial charge on any atom is -0.267 e. The van der Waals surface area contributed by atoms with Crippen molar-refractivity contribution >= 4 is 39.7 Å². The topological polar surface area (TPSA) is 72.7 Å². The molecule has 6 nitrogen and oxygen atoms in total. The number of fused-ring (bicyclic) bond motifs is 1. The molecule has 0 aliphatic heterocycles. The first kappa shape index (κ1) is 15.7. The van der Waals surface area contributed by atoms with Crippen LogP contribution in [0.1, 0.15) is 16.1 Å². The van der Waals surface area contributed by atoms with E-state index in [9.17, 15) is 4.79 Å². The molecule has 25 heavy (non-hydrogen) atoms. The number of pyridine rings is 2. The lowest BCUT2D eigenvalue weighted by Crippen LogP contribution is -2.23. The van der Waals surface area contributed by atoms with Crippen molar-refractivity contribution in [3.63, 3.8) is 0 Å². The second-order valence-corrected chi connectivity index (χ2v) is 6.61. The van der Waals surface area contributed by atoms with Gasteiger partial charge in [0.1, 0.15) is 10.2 Å². The lowest BCUT2D eigenvalue weighted by atomic mass is 10.2. The molecule has 0 saturated heterocycles. The summed E-state index contributed by atoms with van der Waals surface area (Å²) in [7, 11) is 0. The van der Waals surface area contributed by atoms with Crippen molar-refractivity contribution in [2.45, 2.75) is 6.92 Å². The fourth-order valence-corrected chi connectivity index (χ4v) is 3.45. The first-order valence-corrected chi connectivity index (χ1v) is 8.69. The molecule has 0 saturated carbocycles. The molecule has 0 atom stereocenters. The Morgan fingerprint density at radius 2 is 2.12 bits per heavy atom. The van der Waals surface area contributed by atoms with Crippen molar-refractivity contribution < 1.29 is 4.79 Å². The summed E-state index contributed by atoms with van der Waals surface area (Å²) < 4.78 is 1.65. The van der Waals surface area contributed by atoms with Crippen LogP contribution >= 0.6 is 22.9 Å². The molecule has 1 N–H and O–H groups in total. The molecule has 124 valence electrons. The van der Waals surface area contributed by atoms with E-state index in [1.807, 2.05) is 12.1 Å². The third kappa shape index (κ3) is 2.99. The lowest BCUT2D eigenvalue weighted by molar-refractivity contribution is 0.101. The van der Waals surface area contributed by atoms with Crippen molar-refractivity contribution in [2.75, 3.05) is 5.43 Å². The number of nitrogens with zero attached hydrogens (tertiary/aromatic N) is 4. The van der Waals surface area contributed by atoms with E-state index in [2.05, 4.69) is 20.4 Å². The van der Waals surface area contributed by atoms with Gasteiger partial charge in [-0.3, -0.25) is 19.9 Å². The summed E-state index contributed by atoms with van der Waals surface area (Å²) in [4.78, 5) is 25.4. The number of hydrogen-bond donors (Lipinski definition) is 1. The van der Waals surface area contributed by atoms with Crippen LogP contribution in [0.5, 0.6) is 0 Å². The summed E-state index contributed by atoms with van der Waals surface area (Å²) in [5.74, 6) is -0.241. The molecule has 0 aromatic carbocycles. The molecule has 1 amide bonds. The van der Waals surface area contributed by atoms with Gasteiger partial charge in [-0.2, -0.15) is 0 Å². The lowest BCUT2D eigenvalue weighted by Gasteiger charge is -2.10. The highest BCUT2D eigenvalue weighted by Gasteiger charge is 2.14. The van der Waals surface area contributed by atoms with Gasteiger partial charge < -0.3 is 0 Å². The van der Waals surface area contributed by atoms with Crippen LogP contribution < -0.4 is 5.43 Å². The zero-order chi connectivity index (χ0) is 17.4. The highest BCUT2D eigenvalue weighted by molar-refractivity contribution is 7.13. The monoisotopic (exact) mass is 369 g/mol. The zero-order valence-corrected chi connectivity index (χ0v) is 14.7. The summed E-state index contributed by atoms with van der Waals surface area (Å²) in [6.45, 7) is 1.79. The van der Waals surface area contributed by atoms with Crippen LogP contribution in [0.3, 0.4) is 0 Å². The normalized spacial score (nSPS) is 11.0. The van der Waals surface area contributed by atoms with Crippen molar-refractivity contribution in [3.05, 3.63) is 64.6 Å². The predicted molar refractivity (Wildman–Crippen MR) is 98.5 cm³/mol. The highest BCUT2D eigenvalue weighted by Crippen LogP contribution is 2.25. The van der Waals surface area contributed by atoms with Gasteiger partial charge in [0.15, 0.2) is 0 Å². The quantitative estimate of drug-likeness (QED) is 0.594. The number of hydrogen-bond acceptors (Lipinski definition) is 5. The van der Waals surface area contributed by atoms with E-state index in [1.165, 1.54) is 11.3 Å². The summed E-state index contributed by atoms with van der Waals surface area (Å²) in [6, 6.07) is 7.31. The second kappa shape index (κ2) is 6.27. The Hall–Kier alpha value is -2.77. The molecule has 8 heteroatoms. The number of aryl methyl sites for hydroxylation is 1. The number of carbonyl (C=O) groups excluding carboxylic acids is 1. The maximum absolute atomic E-state index is 12.6. The van der Waals surface area contributed by atoms with Crippen molar-refractivity contribution in [2.24, 2.45) is 0 Å². The molecule has 0 aliphatic rings. The molecule has 4 heterocycles. The van der Waals surface area contributed by atoms with Crippen molar-refractivity contribution in [3.8, 4) is 10.7 Å². The third-order valence-corrected chi connectivity index (χ3v) is 4.93. The molecule has 0 bridgehead atoms. The summed E-state index contributed by atoms with van der Waals surface area (Å²) >= 11 is 7.27. The van der Waals surface area contributed by atoms with Crippen LogP contribution in [0.4, 0.5) is 0 Å². The fourth-order valence-electron chi connectivity index (χ4n) is 2.53. The number of amides is 1. The average Bonchev–Trinajstić information content (AvgIpc) is 3.21. The Balaban J connectivity index is 1.62. The molecule has 0 fully saturated rings. The molecule has 0 aliphatic carbocycles. The van der Waals surface area contributed by atoms with Crippen LogP contribution in [0, 0.1) is 6.92 Å². The molecule has 0 radical (unpaired) electrons. The Morgan fingerprint density at radius 3 is 2.88 bits per heavy atom. The molecule has 4 aromatic heterocycles. The van der Waals surface area contributed by atoms with Gasteiger partial charge in [0.25, 0.3) is 5.91 Å². The first-order valence-electron chi connectivity index (χ1n) is 7.43. The van der Waals surface area contributed by atoms with E-state index in [-0.39, 0.29) is 5.91 Å². The Labute approximate surface area is 152 Å². The van der Waals surface area contributed by atoms with E-state index >= 15 is 0 Å².